The standard InChI is InChI=1S/C19H21N3O3S/c1-2-5-17(23)21-13-8-10-14(11-9-13)26-12-18(24)22-16-7-4-3-6-15(16)19(20)25/h3-4,6-11H,2,5,12H2,1H3,(H2,20,25)(H,21,23)(H,22,24). The highest BCUT2D eigenvalue weighted by atomic mass is 32.2. The Bertz CT molecular complexity index is 791. The number of amides is 3. The van der Waals surface area contributed by atoms with Crippen LogP contribution in [0.3, 0.4) is 0 Å². The number of thioether (sulfide) groups is 1. The molecule has 3 amide bonds. The van der Waals surface area contributed by atoms with Gasteiger partial charge >= 0.3 is 0 Å². The molecule has 0 radical (unpaired) electrons. The van der Waals surface area contributed by atoms with E-state index in [2.05, 4.69) is 10.6 Å². The summed E-state index contributed by atoms with van der Waals surface area (Å²) in [5, 5.41) is 5.51. The molecule has 0 aliphatic heterocycles. The summed E-state index contributed by atoms with van der Waals surface area (Å²) < 4.78 is 0. The molecule has 0 saturated heterocycles. The van der Waals surface area contributed by atoms with Gasteiger partial charge in [0.15, 0.2) is 0 Å². The number of carbonyl (C=O) groups excluding carboxylic acids is 3. The van der Waals surface area contributed by atoms with E-state index in [1.54, 1.807) is 36.4 Å². The SMILES string of the molecule is CCCC(=O)Nc1ccc(SCC(=O)Nc2ccccc2C(N)=O)cc1. The highest BCUT2D eigenvalue weighted by Gasteiger charge is 2.10. The van der Waals surface area contributed by atoms with Crippen LogP contribution >= 0.6 is 11.8 Å². The molecule has 7 heteroatoms. The number of rotatable bonds is 8. The van der Waals surface area contributed by atoms with Crippen LogP contribution in [0.5, 0.6) is 0 Å². The molecule has 136 valence electrons. The number of para-hydroxylation sites is 1. The Balaban J connectivity index is 1.88. The summed E-state index contributed by atoms with van der Waals surface area (Å²) in [6.07, 6.45) is 1.29. The van der Waals surface area contributed by atoms with Gasteiger partial charge in [0.25, 0.3) is 5.91 Å². The Hall–Kier alpha value is -2.80. The third-order valence-electron chi connectivity index (χ3n) is 3.45. The van der Waals surface area contributed by atoms with E-state index in [1.165, 1.54) is 11.8 Å². The summed E-state index contributed by atoms with van der Waals surface area (Å²) in [7, 11) is 0. The van der Waals surface area contributed by atoms with E-state index in [0.717, 1.165) is 17.0 Å². The Morgan fingerprint density at radius 2 is 1.65 bits per heavy atom. The summed E-state index contributed by atoms with van der Waals surface area (Å²) in [6, 6.07) is 13.9. The average molecular weight is 371 g/mol. The molecule has 0 heterocycles. The molecule has 2 rings (SSSR count). The number of nitrogens with two attached hydrogens (primary N) is 1. The van der Waals surface area contributed by atoms with Gasteiger partial charge in [0.2, 0.25) is 11.8 Å². The van der Waals surface area contributed by atoms with Crippen molar-refractivity contribution in [1.29, 1.82) is 0 Å². The summed E-state index contributed by atoms with van der Waals surface area (Å²) in [5.74, 6) is -0.645. The number of hydrogen-bond donors (Lipinski definition) is 3. The fourth-order valence-corrected chi connectivity index (χ4v) is 2.93. The molecule has 0 bridgehead atoms. The van der Waals surface area contributed by atoms with Crippen LogP contribution in [-0.4, -0.2) is 23.5 Å². The minimum Gasteiger partial charge on any atom is -0.366 e. The summed E-state index contributed by atoms with van der Waals surface area (Å²) in [4.78, 5) is 35.9. The van der Waals surface area contributed by atoms with Gasteiger partial charge in [0.05, 0.1) is 17.0 Å². The third kappa shape index (κ3) is 5.93. The zero-order valence-corrected chi connectivity index (χ0v) is 15.3. The highest BCUT2D eigenvalue weighted by Crippen LogP contribution is 2.21. The third-order valence-corrected chi connectivity index (χ3v) is 4.46. The van der Waals surface area contributed by atoms with E-state index < -0.39 is 5.91 Å². The first-order valence-corrected chi connectivity index (χ1v) is 9.19. The number of nitrogens with one attached hydrogen (secondary N) is 2. The lowest BCUT2D eigenvalue weighted by atomic mass is 10.1. The fourth-order valence-electron chi connectivity index (χ4n) is 2.23. The lowest BCUT2D eigenvalue weighted by Gasteiger charge is -2.09. The molecule has 0 aromatic heterocycles. The molecule has 2 aromatic rings. The number of anilines is 2. The van der Waals surface area contributed by atoms with Crippen molar-refractivity contribution >= 4 is 40.9 Å². The van der Waals surface area contributed by atoms with Crippen molar-refractivity contribution in [3.8, 4) is 0 Å². The van der Waals surface area contributed by atoms with Gasteiger partial charge in [0, 0.05) is 17.0 Å². The molecular weight excluding hydrogens is 350 g/mol. The van der Waals surface area contributed by atoms with E-state index >= 15 is 0 Å². The normalized spacial score (nSPS) is 10.2. The van der Waals surface area contributed by atoms with E-state index in [0.29, 0.717) is 12.1 Å². The quantitative estimate of drug-likeness (QED) is 0.620. The van der Waals surface area contributed by atoms with Crippen LogP contribution in [0.25, 0.3) is 0 Å². The minimum absolute atomic E-state index is 0.0135. The topological polar surface area (TPSA) is 101 Å². The number of primary amides is 1. The van der Waals surface area contributed by atoms with Gasteiger partial charge < -0.3 is 16.4 Å². The monoisotopic (exact) mass is 371 g/mol. The lowest BCUT2D eigenvalue weighted by Crippen LogP contribution is -2.19. The van der Waals surface area contributed by atoms with Gasteiger partial charge in [-0.25, -0.2) is 0 Å². The van der Waals surface area contributed by atoms with Gasteiger partial charge in [0.1, 0.15) is 0 Å². The Labute approximate surface area is 156 Å². The van der Waals surface area contributed by atoms with Crippen molar-refractivity contribution in [2.75, 3.05) is 16.4 Å². The largest absolute Gasteiger partial charge is 0.366 e. The van der Waals surface area contributed by atoms with Crippen molar-refractivity contribution in [2.24, 2.45) is 5.73 Å². The van der Waals surface area contributed by atoms with Gasteiger partial charge in [-0.1, -0.05) is 19.1 Å². The molecule has 0 aliphatic carbocycles. The van der Waals surface area contributed by atoms with Crippen molar-refractivity contribution in [2.45, 2.75) is 24.7 Å². The molecule has 0 fully saturated rings. The molecule has 2 aromatic carbocycles. The summed E-state index contributed by atoms with van der Waals surface area (Å²) >= 11 is 1.36. The maximum atomic E-state index is 12.1. The Kier molecular flexibility index (Phi) is 7.23. The predicted octanol–water partition coefficient (Wildman–Crippen LogP) is 3.25. The van der Waals surface area contributed by atoms with Gasteiger partial charge in [-0.15, -0.1) is 11.8 Å². The van der Waals surface area contributed by atoms with Crippen molar-refractivity contribution in [1.82, 2.24) is 0 Å². The zero-order valence-electron chi connectivity index (χ0n) is 14.5. The van der Waals surface area contributed by atoms with Crippen LogP contribution in [0.1, 0.15) is 30.1 Å². The van der Waals surface area contributed by atoms with Crippen molar-refractivity contribution < 1.29 is 14.4 Å². The van der Waals surface area contributed by atoms with Gasteiger partial charge in [-0.2, -0.15) is 0 Å². The lowest BCUT2D eigenvalue weighted by molar-refractivity contribution is -0.116. The maximum Gasteiger partial charge on any atom is 0.250 e. The fraction of sp³-hybridized carbons (Fsp3) is 0.211. The van der Waals surface area contributed by atoms with Crippen LogP contribution < -0.4 is 16.4 Å². The smallest absolute Gasteiger partial charge is 0.250 e. The molecule has 26 heavy (non-hydrogen) atoms. The van der Waals surface area contributed by atoms with Crippen LogP contribution in [0, 0.1) is 0 Å². The first-order valence-electron chi connectivity index (χ1n) is 8.21. The molecule has 4 N–H and O–H groups in total. The van der Waals surface area contributed by atoms with Crippen molar-refractivity contribution in [3.63, 3.8) is 0 Å². The molecule has 0 aliphatic rings. The molecule has 0 saturated carbocycles. The number of hydrogen-bond acceptors (Lipinski definition) is 4. The average Bonchev–Trinajstić information content (AvgIpc) is 2.61. The summed E-state index contributed by atoms with van der Waals surface area (Å²) in [5.41, 5.74) is 6.71. The van der Waals surface area contributed by atoms with E-state index in [9.17, 15) is 14.4 Å². The first-order chi connectivity index (χ1) is 12.5. The second kappa shape index (κ2) is 9.62. The molecule has 0 atom stereocenters. The number of carbonyl (C=O) groups is 3. The zero-order chi connectivity index (χ0) is 18.9. The second-order valence-electron chi connectivity index (χ2n) is 5.57. The van der Waals surface area contributed by atoms with E-state index in [4.69, 9.17) is 5.73 Å². The van der Waals surface area contributed by atoms with E-state index in [-0.39, 0.29) is 23.1 Å². The first kappa shape index (κ1) is 19.5. The molecule has 0 unspecified atom stereocenters. The van der Waals surface area contributed by atoms with E-state index in [1.807, 2.05) is 19.1 Å². The summed E-state index contributed by atoms with van der Waals surface area (Å²) in [6.45, 7) is 1.95. The highest BCUT2D eigenvalue weighted by molar-refractivity contribution is 8.00. The van der Waals surface area contributed by atoms with Gasteiger partial charge in [-0.3, -0.25) is 14.4 Å². The van der Waals surface area contributed by atoms with Crippen molar-refractivity contribution in [3.05, 3.63) is 54.1 Å². The van der Waals surface area contributed by atoms with Crippen LogP contribution in [0.15, 0.2) is 53.4 Å². The Morgan fingerprint density at radius 1 is 0.962 bits per heavy atom. The van der Waals surface area contributed by atoms with Crippen LogP contribution in [0.2, 0.25) is 0 Å². The second-order valence-corrected chi connectivity index (χ2v) is 6.62. The molecule has 0 spiro atoms. The Morgan fingerprint density at radius 3 is 2.31 bits per heavy atom. The molecule has 6 nitrogen and oxygen atoms in total. The minimum atomic E-state index is -0.589. The predicted molar refractivity (Wildman–Crippen MR) is 104 cm³/mol. The van der Waals surface area contributed by atoms with Crippen LogP contribution in [-0.2, 0) is 9.59 Å². The maximum absolute atomic E-state index is 12.1. The number of benzene rings is 2. The van der Waals surface area contributed by atoms with Gasteiger partial charge in [-0.05, 0) is 42.8 Å². The molecular formula is C19H21N3O3S. The van der Waals surface area contributed by atoms with Crippen LogP contribution in [0.4, 0.5) is 11.4 Å².